The van der Waals surface area contributed by atoms with E-state index in [9.17, 15) is 4.79 Å². The van der Waals surface area contributed by atoms with Gasteiger partial charge in [0.15, 0.2) is 0 Å². The number of aromatic nitrogens is 1. The fourth-order valence-corrected chi connectivity index (χ4v) is 2.11. The van der Waals surface area contributed by atoms with Gasteiger partial charge in [0.1, 0.15) is 0 Å². The monoisotopic (exact) mass is 290 g/mol. The highest BCUT2D eigenvalue weighted by Gasteiger charge is 2.14. The molecule has 0 aliphatic heterocycles. The van der Waals surface area contributed by atoms with Crippen LogP contribution in [-0.2, 0) is 0 Å². The van der Waals surface area contributed by atoms with Crippen LogP contribution < -0.4 is 5.32 Å². The number of aryl methyl sites for hydroxylation is 1. The molecule has 4 heteroatoms. The smallest absolute Gasteiger partial charge is 0.253 e. The van der Waals surface area contributed by atoms with E-state index in [-0.39, 0.29) is 11.9 Å². The summed E-state index contributed by atoms with van der Waals surface area (Å²) in [5.74, 6) is -0.0340. The molecule has 2 rings (SSSR count). The summed E-state index contributed by atoms with van der Waals surface area (Å²) in [6, 6.07) is 9.61. The van der Waals surface area contributed by atoms with E-state index in [4.69, 9.17) is 11.6 Å². The number of nitrogens with one attached hydrogen (secondary N) is 2. The van der Waals surface area contributed by atoms with E-state index in [1.807, 2.05) is 51.1 Å². The summed E-state index contributed by atoms with van der Waals surface area (Å²) in [5, 5.41) is 3.68. The van der Waals surface area contributed by atoms with E-state index >= 15 is 0 Å². The summed E-state index contributed by atoms with van der Waals surface area (Å²) in [6.45, 7) is 5.96. The molecule has 1 aromatic heterocycles. The molecule has 0 fully saturated rings. The quantitative estimate of drug-likeness (QED) is 0.872. The Kier molecular flexibility index (Phi) is 4.50. The third-order valence-corrected chi connectivity index (χ3v) is 3.66. The van der Waals surface area contributed by atoms with Crippen LogP contribution in [0.1, 0.15) is 36.3 Å². The Labute approximate surface area is 124 Å². The molecule has 2 aromatic rings. The summed E-state index contributed by atoms with van der Waals surface area (Å²) in [4.78, 5) is 15.4. The fraction of sp³-hybridized carbons (Fsp3) is 0.312. The van der Waals surface area contributed by atoms with E-state index in [0.717, 1.165) is 23.4 Å². The summed E-state index contributed by atoms with van der Waals surface area (Å²) in [5.41, 5.74) is 3.50. The molecule has 1 atom stereocenters. The van der Waals surface area contributed by atoms with Crippen molar-refractivity contribution in [2.24, 2.45) is 0 Å². The minimum atomic E-state index is -0.0340. The average molecular weight is 291 g/mol. The van der Waals surface area contributed by atoms with Crippen LogP contribution in [0.4, 0.5) is 0 Å². The number of rotatable bonds is 4. The van der Waals surface area contributed by atoms with Gasteiger partial charge in [-0.1, -0.05) is 30.7 Å². The van der Waals surface area contributed by atoms with E-state index in [2.05, 4.69) is 10.3 Å². The van der Waals surface area contributed by atoms with E-state index in [1.54, 1.807) is 0 Å². The molecule has 106 valence electrons. The number of amides is 1. The highest BCUT2D eigenvalue weighted by Crippen LogP contribution is 2.23. The highest BCUT2D eigenvalue weighted by molar-refractivity contribution is 6.30. The molecule has 1 amide bonds. The Hall–Kier alpha value is -1.74. The molecular weight excluding hydrogens is 272 g/mol. The Morgan fingerprint density at radius 3 is 2.60 bits per heavy atom. The van der Waals surface area contributed by atoms with Crippen molar-refractivity contribution in [3.8, 4) is 11.3 Å². The Morgan fingerprint density at radius 1 is 1.35 bits per heavy atom. The number of H-pyrrole nitrogens is 1. The van der Waals surface area contributed by atoms with E-state index < -0.39 is 0 Å². The summed E-state index contributed by atoms with van der Waals surface area (Å²) in [6.07, 6.45) is 0.916. The number of hydrogen-bond acceptors (Lipinski definition) is 1. The molecule has 0 aliphatic carbocycles. The van der Waals surface area contributed by atoms with Gasteiger partial charge < -0.3 is 10.3 Å². The van der Waals surface area contributed by atoms with Gasteiger partial charge in [0.2, 0.25) is 0 Å². The molecule has 3 nitrogen and oxygen atoms in total. The normalized spacial score (nSPS) is 12.2. The van der Waals surface area contributed by atoms with Gasteiger partial charge in [-0.25, -0.2) is 0 Å². The van der Waals surface area contributed by atoms with Gasteiger partial charge in [-0.2, -0.15) is 0 Å². The number of hydrogen-bond donors (Lipinski definition) is 2. The first kappa shape index (κ1) is 14.7. The van der Waals surface area contributed by atoms with Gasteiger partial charge >= 0.3 is 0 Å². The third-order valence-electron chi connectivity index (χ3n) is 3.40. The molecule has 1 aromatic carbocycles. The molecule has 2 N–H and O–H groups in total. The lowest BCUT2D eigenvalue weighted by molar-refractivity contribution is 0.0939. The lowest BCUT2D eigenvalue weighted by Crippen LogP contribution is -2.32. The van der Waals surface area contributed by atoms with Crippen molar-refractivity contribution < 1.29 is 4.79 Å². The number of carbonyl (C=O) groups is 1. The molecule has 0 radical (unpaired) electrons. The molecular formula is C16H19ClN2O. The molecule has 0 bridgehead atoms. The highest BCUT2D eigenvalue weighted by atomic mass is 35.5. The number of carbonyl (C=O) groups excluding carboxylic acids is 1. The van der Waals surface area contributed by atoms with Crippen LogP contribution in [0.5, 0.6) is 0 Å². The third kappa shape index (κ3) is 3.23. The molecule has 0 aliphatic rings. The second-order valence-electron chi connectivity index (χ2n) is 5.01. The molecule has 1 heterocycles. The van der Waals surface area contributed by atoms with Crippen LogP contribution in [0, 0.1) is 6.92 Å². The van der Waals surface area contributed by atoms with Gasteiger partial charge in [0.05, 0.1) is 5.56 Å². The molecule has 0 saturated heterocycles. The zero-order chi connectivity index (χ0) is 14.7. The van der Waals surface area contributed by atoms with E-state index in [0.29, 0.717) is 10.6 Å². The Bertz CT molecular complexity index is 601. The van der Waals surface area contributed by atoms with Crippen LogP contribution in [0.25, 0.3) is 11.3 Å². The molecule has 0 unspecified atom stereocenters. The van der Waals surface area contributed by atoms with Crippen LogP contribution in [0.2, 0.25) is 5.02 Å². The average Bonchev–Trinajstić information content (AvgIpc) is 2.81. The van der Waals surface area contributed by atoms with Crippen molar-refractivity contribution in [1.29, 1.82) is 0 Å². The Morgan fingerprint density at radius 2 is 2.00 bits per heavy atom. The van der Waals surface area contributed by atoms with Gasteiger partial charge in [-0.3, -0.25) is 4.79 Å². The maximum Gasteiger partial charge on any atom is 0.253 e. The summed E-state index contributed by atoms with van der Waals surface area (Å²) in [7, 11) is 0. The standard InChI is InChI=1S/C16H19ClN2O/c1-4-10(2)18-16(20)14-9-15(19-11(14)3)12-5-7-13(17)8-6-12/h5-10,19H,4H2,1-3H3,(H,18,20)/t10-/m1/s1. The Balaban J connectivity index is 2.25. The number of halogens is 1. The predicted molar refractivity (Wildman–Crippen MR) is 83.2 cm³/mol. The summed E-state index contributed by atoms with van der Waals surface area (Å²) < 4.78 is 0. The molecule has 20 heavy (non-hydrogen) atoms. The predicted octanol–water partition coefficient (Wildman–Crippen LogP) is 4.17. The van der Waals surface area contributed by atoms with Crippen molar-refractivity contribution >= 4 is 17.5 Å². The topological polar surface area (TPSA) is 44.9 Å². The molecule has 0 spiro atoms. The maximum absolute atomic E-state index is 12.2. The second-order valence-corrected chi connectivity index (χ2v) is 5.45. The van der Waals surface area contributed by atoms with Crippen molar-refractivity contribution in [3.63, 3.8) is 0 Å². The van der Waals surface area contributed by atoms with Crippen LogP contribution >= 0.6 is 11.6 Å². The molecule has 0 saturated carbocycles. The van der Waals surface area contributed by atoms with Gasteiger partial charge in [0, 0.05) is 22.5 Å². The lowest BCUT2D eigenvalue weighted by atomic mass is 10.1. The zero-order valence-corrected chi connectivity index (χ0v) is 12.7. The first-order valence-electron chi connectivity index (χ1n) is 6.77. The lowest BCUT2D eigenvalue weighted by Gasteiger charge is -2.10. The fourth-order valence-electron chi connectivity index (χ4n) is 1.98. The first-order chi connectivity index (χ1) is 9.51. The SMILES string of the molecule is CC[C@@H](C)NC(=O)c1cc(-c2ccc(Cl)cc2)[nH]c1C. The van der Waals surface area contributed by atoms with Crippen molar-refractivity contribution in [3.05, 3.63) is 46.6 Å². The number of aromatic amines is 1. The second kappa shape index (κ2) is 6.14. The summed E-state index contributed by atoms with van der Waals surface area (Å²) >= 11 is 5.88. The van der Waals surface area contributed by atoms with Gasteiger partial charge in [-0.05, 0) is 44.0 Å². The number of benzene rings is 1. The largest absolute Gasteiger partial charge is 0.358 e. The van der Waals surface area contributed by atoms with Crippen LogP contribution in [0.3, 0.4) is 0 Å². The minimum absolute atomic E-state index is 0.0340. The van der Waals surface area contributed by atoms with Gasteiger partial charge in [0.25, 0.3) is 5.91 Å². The van der Waals surface area contributed by atoms with Gasteiger partial charge in [-0.15, -0.1) is 0 Å². The first-order valence-corrected chi connectivity index (χ1v) is 7.15. The van der Waals surface area contributed by atoms with Crippen molar-refractivity contribution in [2.75, 3.05) is 0 Å². The van der Waals surface area contributed by atoms with Crippen LogP contribution in [0.15, 0.2) is 30.3 Å². The van der Waals surface area contributed by atoms with Crippen LogP contribution in [-0.4, -0.2) is 16.9 Å². The maximum atomic E-state index is 12.2. The van der Waals surface area contributed by atoms with Crippen molar-refractivity contribution in [1.82, 2.24) is 10.3 Å². The van der Waals surface area contributed by atoms with Crippen molar-refractivity contribution in [2.45, 2.75) is 33.2 Å². The zero-order valence-electron chi connectivity index (χ0n) is 12.0. The van der Waals surface area contributed by atoms with E-state index in [1.165, 1.54) is 0 Å². The minimum Gasteiger partial charge on any atom is -0.358 e.